The van der Waals surface area contributed by atoms with E-state index in [0.29, 0.717) is 48.9 Å². The Kier molecular flexibility index (Phi) is 6.03. The van der Waals surface area contributed by atoms with Crippen LogP contribution in [0, 0.1) is 5.82 Å². The summed E-state index contributed by atoms with van der Waals surface area (Å²) in [5.74, 6) is -1.02. The van der Waals surface area contributed by atoms with Gasteiger partial charge in [-0.15, -0.1) is 0 Å². The van der Waals surface area contributed by atoms with Crippen LogP contribution in [-0.2, 0) is 11.3 Å². The Hall–Kier alpha value is -2.51. The number of pyridine rings is 1. The average molecular weight is 392 g/mol. The molecule has 0 atom stereocenters. The lowest BCUT2D eigenvalue weighted by molar-refractivity contribution is 0.0593. The Morgan fingerprint density at radius 1 is 1.19 bits per heavy atom. The van der Waals surface area contributed by atoms with Gasteiger partial charge in [-0.05, 0) is 24.3 Å². The molecular weight excluding hydrogens is 373 g/mol. The Bertz CT molecular complexity index is 816. The highest BCUT2D eigenvalue weighted by Crippen LogP contribution is 2.21. The molecule has 0 unspecified atom stereocenters. The Balaban J connectivity index is 1.58. The van der Waals surface area contributed by atoms with E-state index < -0.39 is 5.97 Å². The number of rotatable bonds is 4. The lowest BCUT2D eigenvalue weighted by atomic mass is 10.1. The molecule has 6 nitrogen and oxygen atoms in total. The maximum Gasteiger partial charge on any atom is 0.339 e. The quantitative estimate of drug-likeness (QED) is 0.750. The van der Waals surface area contributed by atoms with Crippen LogP contribution in [0.4, 0.5) is 4.39 Å². The summed E-state index contributed by atoms with van der Waals surface area (Å²) in [4.78, 5) is 31.8. The zero-order valence-corrected chi connectivity index (χ0v) is 15.6. The maximum absolute atomic E-state index is 13.9. The first kappa shape index (κ1) is 19.3. The standard InChI is InChI=1S/C19H19ClFN3O3/c1-27-19(26)13-5-6-17(22-11-13)18(25)24-9-7-23(8-10-24)12-14-15(20)3-2-4-16(14)21/h2-6,11H,7-10,12H2,1H3. The van der Waals surface area contributed by atoms with Crippen LogP contribution in [0.5, 0.6) is 0 Å². The van der Waals surface area contributed by atoms with Crippen molar-refractivity contribution < 1.29 is 18.7 Å². The molecule has 1 aliphatic rings. The summed E-state index contributed by atoms with van der Waals surface area (Å²) in [6.45, 7) is 2.63. The van der Waals surface area contributed by atoms with Gasteiger partial charge in [0.1, 0.15) is 11.5 Å². The van der Waals surface area contributed by atoms with Gasteiger partial charge >= 0.3 is 5.97 Å². The molecule has 1 saturated heterocycles. The summed E-state index contributed by atoms with van der Waals surface area (Å²) in [7, 11) is 1.29. The highest BCUT2D eigenvalue weighted by molar-refractivity contribution is 6.31. The van der Waals surface area contributed by atoms with Gasteiger partial charge in [0.2, 0.25) is 0 Å². The second kappa shape index (κ2) is 8.45. The number of nitrogens with zero attached hydrogens (tertiary/aromatic N) is 3. The summed E-state index contributed by atoms with van der Waals surface area (Å²) in [5, 5.41) is 0.406. The van der Waals surface area contributed by atoms with Crippen LogP contribution >= 0.6 is 11.6 Å². The Morgan fingerprint density at radius 2 is 1.93 bits per heavy atom. The van der Waals surface area contributed by atoms with Gasteiger partial charge in [-0.2, -0.15) is 0 Å². The van der Waals surface area contributed by atoms with Gasteiger partial charge in [0.25, 0.3) is 5.91 Å². The lowest BCUT2D eigenvalue weighted by Crippen LogP contribution is -2.48. The highest BCUT2D eigenvalue weighted by Gasteiger charge is 2.24. The molecule has 27 heavy (non-hydrogen) atoms. The van der Waals surface area contributed by atoms with Crippen LogP contribution in [0.3, 0.4) is 0 Å². The molecule has 3 rings (SSSR count). The van der Waals surface area contributed by atoms with Crippen LogP contribution in [0.1, 0.15) is 26.4 Å². The number of benzene rings is 1. The van der Waals surface area contributed by atoms with Crippen molar-refractivity contribution in [2.75, 3.05) is 33.3 Å². The minimum atomic E-state index is -0.498. The van der Waals surface area contributed by atoms with Crippen molar-refractivity contribution in [1.29, 1.82) is 0 Å². The summed E-state index contributed by atoms with van der Waals surface area (Å²) in [6.07, 6.45) is 1.33. The van der Waals surface area contributed by atoms with Crippen molar-refractivity contribution >= 4 is 23.5 Å². The number of ether oxygens (including phenoxy) is 1. The fourth-order valence-electron chi connectivity index (χ4n) is 2.94. The number of halogens is 2. The number of esters is 1. The largest absolute Gasteiger partial charge is 0.465 e. The fraction of sp³-hybridized carbons (Fsp3) is 0.316. The average Bonchev–Trinajstić information content (AvgIpc) is 2.70. The molecule has 0 radical (unpaired) electrons. The summed E-state index contributed by atoms with van der Waals surface area (Å²) in [6, 6.07) is 7.67. The van der Waals surface area contributed by atoms with Crippen molar-refractivity contribution in [1.82, 2.24) is 14.8 Å². The molecule has 0 bridgehead atoms. The third-order valence-electron chi connectivity index (χ3n) is 4.51. The molecule has 0 aliphatic carbocycles. The zero-order valence-electron chi connectivity index (χ0n) is 14.8. The molecule has 1 fully saturated rings. The first-order valence-electron chi connectivity index (χ1n) is 8.48. The molecule has 142 valence electrons. The van der Waals surface area contributed by atoms with Gasteiger partial charge in [-0.25, -0.2) is 9.18 Å². The lowest BCUT2D eigenvalue weighted by Gasteiger charge is -2.34. The molecule has 1 aromatic carbocycles. The van der Waals surface area contributed by atoms with Crippen molar-refractivity contribution in [2.24, 2.45) is 0 Å². The second-order valence-corrected chi connectivity index (χ2v) is 6.60. The molecule has 2 aromatic rings. The molecule has 1 amide bonds. The fourth-order valence-corrected chi connectivity index (χ4v) is 3.16. The van der Waals surface area contributed by atoms with E-state index in [1.54, 1.807) is 17.0 Å². The number of aromatic nitrogens is 1. The number of amides is 1. The van der Waals surface area contributed by atoms with Crippen LogP contribution in [-0.4, -0.2) is 59.9 Å². The first-order chi connectivity index (χ1) is 13.0. The van der Waals surface area contributed by atoms with E-state index in [0.717, 1.165) is 0 Å². The third-order valence-corrected chi connectivity index (χ3v) is 4.86. The van der Waals surface area contributed by atoms with Gasteiger partial charge in [0, 0.05) is 49.5 Å². The molecule has 1 aromatic heterocycles. The maximum atomic E-state index is 13.9. The monoisotopic (exact) mass is 391 g/mol. The Morgan fingerprint density at radius 3 is 2.52 bits per heavy atom. The SMILES string of the molecule is COC(=O)c1ccc(C(=O)N2CCN(Cc3c(F)cccc3Cl)CC2)nc1. The third kappa shape index (κ3) is 4.43. The van der Waals surface area contributed by atoms with Crippen molar-refractivity contribution in [3.05, 3.63) is 64.2 Å². The van der Waals surface area contributed by atoms with Gasteiger partial charge < -0.3 is 9.64 Å². The van der Waals surface area contributed by atoms with Crippen molar-refractivity contribution in [3.63, 3.8) is 0 Å². The number of carbonyl (C=O) groups excluding carboxylic acids is 2. The zero-order chi connectivity index (χ0) is 19.4. The molecule has 0 spiro atoms. The van der Waals surface area contributed by atoms with Crippen LogP contribution in [0.15, 0.2) is 36.5 Å². The highest BCUT2D eigenvalue weighted by atomic mass is 35.5. The van der Waals surface area contributed by atoms with E-state index in [-0.39, 0.29) is 17.4 Å². The normalized spacial score (nSPS) is 14.9. The molecule has 2 heterocycles. The Labute approximate surface area is 161 Å². The van der Waals surface area contributed by atoms with E-state index in [4.69, 9.17) is 11.6 Å². The van der Waals surface area contributed by atoms with E-state index in [9.17, 15) is 14.0 Å². The summed E-state index contributed by atoms with van der Waals surface area (Å²) >= 11 is 6.08. The molecule has 0 saturated carbocycles. The van der Waals surface area contributed by atoms with Crippen LogP contribution in [0.25, 0.3) is 0 Å². The van der Waals surface area contributed by atoms with Crippen LogP contribution < -0.4 is 0 Å². The number of hydrogen-bond acceptors (Lipinski definition) is 5. The van der Waals surface area contributed by atoms with E-state index >= 15 is 0 Å². The number of carbonyl (C=O) groups is 2. The van der Waals surface area contributed by atoms with Crippen molar-refractivity contribution in [3.8, 4) is 0 Å². The van der Waals surface area contributed by atoms with Gasteiger partial charge in [0.15, 0.2) is 0 Å². The van der Waals surface area contributed by atoms with E-state index in [2.05, 4.69) is 14.6 Å². The number of piperazine rings is 1. The van der Waals surface area contributed by atoms with E-state index in [1.807, 2.05) is 0 Å². The first-order valence-corrected chi connectivity index (χ1v) is 8.86. The summed E-state index contributed by atoms with van der Waals surface area (Å²) < 4.78 is 18.5. The second-order valence-electron chi connectivity index (χ2n) is 6.19. The van der Waals surface area contributed by atoms with Gasteiger partial charge in [0.05, 0.1) is 12.7 Å². The molecule has 0 N–H and O–H groups in total. The number of hydrogen-bond donors (Lipinski definition) is 0. The smallest absolute Gasteiger partial charge is 0.339 e. The van der Waals surface area contributed by atoms with Crippen LogP contribution in [0.2, 0.25) is 5.02 Å². The topological polar surface area (TPSA) is 62.7 Å². The molecular formula is C19H19ClFN3O3. The predicted molar refractivity (Wildman–Crippen MR) is 98.2 cm³/mol. The predicted octanol–water partition coefficient (Wildman–Crippen LogP) is 2.62. The molecule has 8 heteroatoms. The van der Waals surface area contributed by atoms with Gasteiger partial charge in [-0.1, -0.05) is 17.7 Å². The van der Waals surface area contributed by atoms with E-state index in [1.165, 1.54) is 31.5 Å². The summed E-state index contributed by atoms with van der Waals surface area (Å²) in [5.41, 5.74) is 1.04. The van der Waals surface area contributed by atoms with Crippen molar-refractivity contribution in [2.45, 2.75) is 6.54 Å². The minimum Gasteiger partial charge on any atom is -0.465 e. The number of methoxy groups -OCH3 is 1. The molecule has 1 aliphatic heterocycles. The minimum absolute atomic E-state index is 0.199. The van der Waals surface area contributed by atoms with Gasteiger partial charge in [-0.3, -0.25) is 14.7 Å².